The maximum absolute atomic E-state index is 11.8. The van der Waals surface area contributed by atoms with Crippen molar-refractivity contribution >= 4 is 17.4 Å². The van der Waals surface area contributed by atoms with Gasteiger partial charge in [-0.25, -0.2) is 4.79 Å². The molecule has 0 heterocycles. The first-order valence-electron chi connectivity index (χ1n) is 7.43. The van der Waals surface area contributed by atoms with E-state index in [9.17, 15) is 20.0 Å². The van der Waals surface area contributed by atoms with Gasteiger partial charge in [-0.3, -0.25) is 10.1 Å². The van der Waals surface area contributed by atoms with Gasteiger partial charge in [-0.05, 0) is 44.2 Å². The minimum atomic E-state index is -0.451. The molecule has 0 saturated heterocycles. The van der Waals surface area contributed by atoms with Crippen LogP contribution in [-0.4, -0.2) is 28.7 Å². The monoisotopic (exact) mass is 307 g/mol. The summed E-state index contributed by atoms with van der Waals surface area (Å²) in [5.41, 5.74) is 1.05. The fourth-order valence-electron chi connectivity index (χ4n) is 2.80. The molecule has 7 heteroatoms. The maximum atomic E-state index is 11.8. The second kappa shape index (κ2) is 7.22. The number of nitro groups is 1. The van der Waals surface area contributed by atoms with E-state index < -0.39 is 4.92 Å². The fraction of sp³-hybridized carbons (Fsp3) is 0.533. The lowest BCUT2D eigenvalue weighted by molar-refractivity contribution is -0.385. The largest absolute Gasteiger partial charge is 0.393 e. The Morgan fingerprint density at radius 1 is 1.45 bits per heavy atom. The second-order valence-electron chi connectivity index (χ2n) is 5.78. The number of hydrogen-bond donors (Lipinski definition) is 3. The molecule has 2 amide bonds. The molecule has 0 aromatic heterocycles. The molecule has 2 atom stereocenters. The average molecular weight is 307 g/mol. The standard InChI is InChI=1S/C15H21N3O4/c1-10-7-12(5-6-14(10)18(21)22)17-15(20)16-9-11-3-2-4-13(19)8-11/h5-7,11,13,19H,2-4,8-9H2,1H3,(H2,16,17,20)/t11-,13+/m0/s1. The lowest BCUT2D eigenvalue weighted by atomic mass is 9.87. The first-order chi connectivity index (χ1) is 10.5. The molecule has 1 fully saturated rings. The zero-order chi connectivity index (χ0) is 16.1. The van der Waals surface area contributed by atoms with Gasteiger partial charge in [-0.2, -0.15) is 0 Å². The van der Waals surface area contributed by atoms with Crippen molar-refractivity contribution in [1.29, 1.82) is 0 Å². The number of anilines is 1. The van der Waals surface area contributed by atoms with Crippen LogP contribution in [0.15, 0.2) is 18.2 Å². The van der Waals surface area contributed by atoms with E-state index in [1.54, 1.807) is 13.0 Å². The quantitative estimate of drug-likeness (QED) is 0.587. The molecule has 120 valence electrons. The van der Waals surface area contributed by atoms with Crippen molar-refractivity contribution in [2.24, 2.45) is 5.92 Å². The Labute approximate surface area is 128 Å². The van der Waals surface area contributed by atoms with E-state index in [0.29, 0.717) is 23.7 Å². The Morgan fingerprint density at radius 3 is 2.86 bits per heavy atom. The topological polar surface area (TPSA) is 104 Å². The zero-order valence-electron chi connectivity index (χ0n) is 12.5. The SMILES string of the molecule is Cc1cc(NC(=O)NC[C@H]2CCC[C@@H](O)C2)ccc1[N+](=O)[O-]. The van der Waals surface area contributed by atoms with E-state index in [4.69, 9.17) is 0 Å². The molecule has 1 aromatic carbocycles. The third-order valence-electron chi connectivity index (χ3n) is 3.96. The van der Waals surface area contributed by atoms with Gasteiger partial charge in [0.25, 0.3) is 5.69 Å². The summed E-state index contributed by atoms with van der Waals surface area (Å²) < 4.78 is 0. The molecule has 0 bridgehead atoms. The zero-order valence-corrected chi connectivity index (χ0v) is 12.5. The third kappa shape index (κ3) is 4.42. The van der Waals surface area contributed by atoms with E-state index >= 15 is 0 Å². The summed E-state index contributed by atoms with van der Waals surface area (Å²) in [6.07, 6.45) is 3.28. The number of nitrogens with one attached hydrogen (secondary N) is 2. The van der Waals surface area contributed by atoms with Gasteiger partial charge >= 0.3 is 6.03 Å². The Hall–Kier alpha value is -2.15. The number of carbonyl (C=O) groups excluding carboxylic acids is 1. The average Bonchev–Trinajstić information content (AvgIpc) is 2.45. The highest BCUT2D eigenvalue weighted by Crippen LogP contribution is 2.24. The summed E-state index contributed by atoms with van der Waals surface area (Å²) in [5.74, 6) is 0.299. The van der Waals surface area contributed by atoms with Crippen molar-refractivity contribution in [1.82, 2.24) is 5.32 Å². The van der Waals surface area contributed by atoms with Crippen LogP contribution in [0.4, 0.5) is 16.2 Å². The molecule has 1 aromatic rings. The molecule has 22 heavy (non-hydrogen) atoms. The van der Waals surface area contributed by atoms with Gasteiger partial charge in [-0.15, -0.1) is 0 Å². The van der Waals surface area contributed by atoms with Crippen molar-refractivity contribution < 1.29 is 14.8 Å². The smallest absolute Gasteiger partial charge is 0.319 e. The van der Waals surface area contributed by atoms with E-state index in [1.807, 2.05) is 0 Å². The van der Waals surface area contributed by atoms with Crippen molar-refractivity contribution in [3.8, 4) is 0 Å². The van der Waals surface area contributed by atoms with Crippen LogP contribution in [0.3, 0.4) is 0 Å². The van der Waals surface area contributed by atoms with Gasteiger partial charge in [0.1, 0.15) is 0 Å². The van der Waals surface area contributed by atoms with E-state index in [0.717, 1.165) is 25.7 Å². The molecule has 7 nitrogen and oxygen atoms in total. The minimum absolute atomic E-state index is 0.0298. The van der Waals surface area contributed by atoms with Crippen LogP contribution < -0.4 is 10.6 Å². The van der Waals surface area contributed by atoms with Crippen LogP contribution in [0.1, 0.15) is 31.2 Å². The number of rotatable bonds is 4. The van der Waals surface area contributed by atoms with Gasteiger partial charge < -0.3 is 15.7 Å². The first-order valence-corrected chi connectivity index (χ1v) is 7.43. The number of amides is 2. The van der Waals surface area contributed by atoms with Gasteiger partial charge in [-0.1, -0.05) is 6.42 Å². The summed E-state index contributed by atoms with van der Waals surface area (Å²) in [7, 11) is 0. The number of urea groups is 1. The highest BCUT2D eigenvalue weighted by Gasteiger charge is 2.20. The van der Waals surface area contributed by atoms with E-state index in [2.05, 4.69) is 10.6 Å². The number of benzene rings is 1. The summed E-state index contributed by atoms with van der Waals surface area (Å²) in [5, 5.41) is 25.8. The lowest BCUT2D eigenvalue weighted by Crippen LogP contribution is -2.35. The molecule has 0 aliphatic heterocycles. The van der Waals surface area contributed by atoms with Crippen LogP contribution in [0.2, 0.25) is 0 Å². The summed E-state index contributed by atoms with van der Waals surface area (Å²) in [4.78, 5) is 22.1. The molecule has 1 aliphatic rings. The Morgan fingerprint density at radius 2 is 2.23 bits per heavy atom. The molecule has 1 saturated carbocycles. The number of nitro benzene ring substituents is 1. The van der Waals surface area contributed by atoms with E-state index in [1.165, 1.54) is 12.1 Å². The Bertz CT molecular complexity index is 562. The highest BCUT2D eigenvalue weighted by atomic mass is 16.6. The Kier molecular flexibility index (Phi) is 5.32. The molecule has 3 N–H and O–H groups in total. The van der Waals surface area contributed by atoms with Crippen LogP contribution >= 0.6 is 0 Å². The highest BCUT2D eigenvalue weighted by molar-refractivity contribution is 5.89. The normalized spacial score (nSPS) is 21.2. The first kappa shape index (κ1) is 16.2. The number of carbonyl (C=O) groups is 1. The molecule has 0 unspecified atom stereocenters. The number of aliphatic hydroxyl groups is 1. The van der Waals surface area contributed by atoms with Crippen LogP contribution in [-0.2, 0) is 0 Å². The van der Waals surface area contributed by atoms with Crippen LogP contribution in [0.25, 0.3) is 0 Å². The number of aliphatic hydroxyl groups excluding tert-OH is 1. The molecule has 2 rings (SSSR count). The van der Waals surface area contributed by atoms with Gasteiger partial charge in [0.15, 0.2) is 0 Å². The number of aryl methyl sites for hydroxylation is 1. The third-order valence-corrected chi connectivity index (χ3v) is 3.96. The Balaban J connectivity index is 1.84. The molecule has 0 radical (unpaired) electrons. The minimum Gasteiger partial charge on any atom is -0.393 e. The van der Waals surface area contributed by atoms with Gasteiger partial charge in [0.05, 0.1) is 11.0 Å². The van der Waals surface area contributed by atoms with Crippen LogP contribution in [0, 0.1) is 23.0 Å². The van der Waals surface area contributed by atoms with Gasteiger partial charge in [0.2, 0.25) is 0 Å². The van der Waals surface area contributed by atoms with Crippen molar-refractivity contribution in [3.05, 3.63) is 33.9 Å². The summed E-state index contributed by atoms with van der Waals surface area (Å²) >= 11 is 0. The van der Waals surface area contributed by atoms with Crippen molar-refractivity contribution in [3.63, 3.8) is 0 Å². The molecular formula is C15H21N3O4. The second-order valence-corrected chi connectivity index (χ2v) is 5.78. The van der Waals surface area contributed by atoms with Crippen LogP contribution in [0.5, 0.6) is 0 Å². The predicted molar refractivity (Wildman–Crippen MR) is 82.8 cm³/mol. The molecule has 0 spiro atoms. The number of hydrogen-bond acceptors (Lipinski definition) is 4. The molecular weight excluding hydrogens is 286 g/mol. The van der Waals surface area contributed by atoms with Crippen molar-refractivity contribution in [2.75, 3.05) is 11.9 Å². The van der Waals surface area contributed by atoms with Gasteiger partial charge in [0, 0.05) is 23.9 Å². The maximum Gasteiger partial charge on any atom is 0.319 e. The predicted octanol–water partition coefficient (Wildman–Crippen LogP) is 2.58. The van der Waals surface area contributed by atoms with E-state index in [-0.39, 0.29) is 17.8 Å². The van der Waals surface area contributed by atoms with Crippen molar-refractivity contribution in [2.45, 2.75) is 38.7 Å². The lowest BCUT2D eigenvalue weighted by Gasteiger charge is -2.25. The number of nitrogens with zero attached hydrogens (tertiary/aromatic N) is 1. The summed E-state index contributed by atoms with van der Waals surface area (Å²) in [6.45, 7) is 2.15. The summed E-state index contributed by atoms with van der Waals surface area (Å²) in [6, 6.07) is 4.12. The fourth-order valence-corrected chi connectivity index (χ4v) is 2.80. The molecule has 1 aliphatic carbocycles.